The molecule has 1 unspecified atom stereocenters. The van der Waals surface area contributed by atoms with Crippen LogP contribution in [-0.4, -0.2) is 51.8 Å². The first-order chi connectivity index (χ1) is 14.6. The molecular formula is C21H26F3N3O3S. The maximum atomic E-state index is 12.4. The van der Waals surface area contributed by atoms with E-state index in [1.165, 1.54) is 24.1 Å². The first-order valence-corrected chi connectivity index (χ1v) is 10.9. The van der Waals surface area contributed by atoms with E-state index >= 15 is 0 Å². The summed E-state index contributed by atoms with van der Waals surface area (Å²) in [6.07, 6.45) is 3.54. The number of aliphatic carboxylic acids is 1. The van der Waals surface area contributed by atoms with Gasteiger partial charge in [0.1, 0.15) is 0 Å². The Labute approximate surface area is 182 Å². The smallest absolute Gasteiger partial charge is 0.475 e. The molecule has 2 aromatic rings. The second-order valence-electron chi connectivity index (χ2n) is 8.15. The second-order valence-corrected chi connectivity index (χ2v) is 9.18. The van der Waals surface area contributed by atoms with E-state index in [9.17, 15) is 18.0 Å². The van der Waals surface area contributed by atoms with E-state index in [-0.39, 0.29) is 5.91 Å². The lowest BCUT2D eigenvalue weighted by molar-refractivity contribution is -0.192. The topological polar surface area (TPSA) is 74.6 Å². The highest BCUT2D eigenvalue weighted by Crippen LogP contribution is 2.49. The average molecular weight is 458 g/mol. The predicted molar refractivity (Wildman–Crippen MR) is 111 cm³/mol. The molecule has 31 heavy (non-hydrogen) atoms. The monoisotopic (exact) mass is 457 g/mol. The number of thiophene rings is 1. The van der Waals surface area contributed by atoms with Crippen LogP contribution in [0.15, 0.2) is 36.0 Å². The number of amides is 1. The number of hydrogen-bond acceptors (Lipinski definition) is 4. The van der Waals surface area contributed by atoms with Gasteiger partial charge in [-0.2, -0.15) is 13.2 Å². The molecule has 2 N–H and O–H groups in total. The summed E-state index contributed by atoms with van der Waals surface area (Å²) in [5, 5.41) is 12.6. The van der Waals surface area contributed by atoms with Crippen molar-refractivity contribution in [1.29, 1.82) is 0 Å². The number of carbonyl (C=O) groups excluding carboxylic acids is 1. The first-order valence-electron chi connectivity index (χ1n) is 10.1. The number of aromatic nitrogens is 1. The third-order valence-electron chi connectivity index (χ3n) is 6.12. The van der Waals surface area contributed by atoms with Crippen molar-refractivity contribution in [2.24, 2.45) is 12.5 Å². The molecule has 10 heteroatoms. The molecule has 170 valence electrons. The fraction of sp³-hybridized carbons (Fsp3) is 0.524. The van der Waals surface area contributed by atoms with Gasteiger partial charge in [-0.25, -0.2) is 4.79 Å². The molecule has 2 fully saturated rings. The molecule has 2 aliphatic rings. The Balaban J connectivity index is 0.000000339. The summed E-state index contributed by atoms with van der Waals surface area (Å²) in [6, 6.07) is 6.60. The Morgan fingerprint density at radius 1 is 1.26 bits per heavy atom. The summed E-state index contributed by atoms with van der Waals surface area (Å²) < 4.78 is 33.7. The van der Waals surface area contributed by atoms with Crippen LogP contribution in [0.5, 0.6) is 0 Å². The Morgan fingerprint density at radius 3 is 2.39 bits per heavy atom. The van der Waals surface area contributed by atoms with Gasteiger partial charge in [0.05, 0.1) is 5.56 Å². The number of halogens is 3. The Morgan fingerprint density at radius 2 is 1.94 bits per heavy atom. The zero-order chi connectivity index (χ0) is 22.6. The summed E-state index contributed by atoms with van der Waals surface area (Å²) in [7, 11) is 1.95. The molecule has 1 saturated heterocycles. The Hall–Kier alpha value is -2.33. The van der Waals surface area contributed by atoms with Gasteiger partial charge in [0.15, 0.2) is 0 Å². The number of carboxylic acid groups (broad SMARTS) is 1. The number of alkyl halides is 3. The maximum Gasteiger partial charge on any atom is 0.490 e. The minimum atomic E-state index is -5.08. The second kappa shape index (κ2) is 9.44. The van der Waals surface area contributed by atoms with E-state index in [1.54, 1.807) is 0 Å². The van der Waals surface area contributed by atoms with Gasteiger partial charge in [-0.15, -0.1) is 11.3 Å². The van der Waals surface area contributed by atoms with Crippen LogP contribution in [0.3, 0.4) is 0 Å². The van der Waals surface area contributed by atoms with Crippen molar-refractivity contribution < 1.29 is 27.9 Å². The molecule has 4 rings (SSSR count). The fourth-order valence-electron chi connectivity index (χ4n) is 4.18. The molecule has 0 radical (unpaired) electrons. The van der Waals surface area contributed by atoms with Crippen molar-refractivity contribution in [3.8, 4) is 0 Å². The van der Waals surface area contributed by atoms with E-state index in [4.69, 9.17) is 9.90 Å². The molecule has 1 spiro atoms. The van der Waals surface area contributed by atoms with E-state index in [1.807, 2.05) is 41.4 Å². The number of aryl methyl sites for hydroxylation is 1. The summed E-state index contributed by atoms with van der Waals surface area (Å²) in [4.78, 5) is 25.3. The van der Waals surface area contributed by atoms with E-state index in [0.29, 0.717) is 11.5 Å². The number of rotatable bonds is 4. The van der Waals surface area contributed by atoms with Gasteiger partial charge in [-0.3, -0.25) is 9.69 Å². The largest absolute Gasteiger partial charge is 0.490 e. The fourth-order valence-corrected chi connectivity index (χ4v) is 4.93. The number of likely N-dealkylation sites (tertiary alicyclic amines) is 1. The SMILES string of the molecule is Cn1ccc(C(=O)NC2CCC23CCN(Cc2cccs2)CC3)c1.O=C(O)C(F)(F)F. The van der Waals surface area contributed by atoms with Crippen LogP contribution in [0.2, 0.25) is 0 Å². The number of nitrogens with one attached hydrogen (secondary N) is 1. The Bertz CT molecular complexity index is 887. The van der Waals surface area contributed by atoms with E-state index in [0.717, 1.165) is 31.6 Å². The van der Waals surface area contributed by atoms with Crippen LogP contribution >= 0.6 is 11.3 Å². The molecule has 3 heterocycles. The number of carbonyl (C=O) groups is 2. The lowest BCUT2D eigenvalue weighted by Gasteiger charge is -2.54. The zero-order valence-corrected chi connectivity index (χ0v) is 18.0. The number of nitrogens with zero attached hydrogens (tertiary/aromatic N) is 2. The lowest BCUT2D eigenvalue weighted by atomic mass is 9.59. The summed E-state index contributed by atoms with van der Waals surface area (Å²) in [5.74, 6) is -2.67. The standard InChI is InChI=1S/C19H25N3OS.C2HF3O2/c1-21-9-5-15(13-21)18(23)20-17-4-6-19(17)7-10-22(11-8-19)14-16-3-2-12-24-16;3-2(4,5)1(6)7/h2-3,5,9,12-13,17H,4,6-8,10-11,14H2,1H3,(H,20,23);(H,6,7). The van der Waals surface area contributed by atoms with Crippen molar-refractivity contribution in [3.05, 3.63) is 46.4 Å². The van der Waals surface area contributed by atoms with Gasteiger partial charge < -0.3 is 15.0 Å². The molecule has 0 bridgehead atoms. The van der Waals surface area contributed by atoms with Gasteiger partial charge in [0, 0.05) is 36.9 Å². The van der Waals surface area contributed by atoms with E-state index < -0.39 is 12.1 Å². The number of carboxylic acids is 1. The summed E-state index contributed by atoms with van der Waals surface area (Å²) in [5.41, 5.74) is 1.12. The van der Waals surface area contributed by atoms with Crippen LogP contribution in [0.25, 0.3) is 0 Å². The first kappa shape index (κ1) is 23.3. The van der Waals surface area contributed by atoms with Crippen molar-refractivity contribution in [1.82, 2.24) is 14.8 Å². The molecule has 1 aliphatic heterocycles. The van der Waals surface area contributed by atoms with Gasteiger partial charge in [0.2, 0.25) is 0 Å². The predicted octanol–water partition coefficient (Wildman–Crippen LogP) is 3.89. The minimum Gasteiger partial charge on any atom is -0.475 e. The molecule has 1 aliphatic carbocycles. The summed E-state index contributed by atoms with van der Waals surface area (Å²) in [6.45, 7) is 3.38. The number of hydrogen-bond donors (Lipinski definition) is 2. The highest BCUT2D eigenvalue weighted by molar-refractivity contribution is 7.09. The van der Waals surface area contributed by atoms with Crippen molar-refractivity contribution in [2.75, 3.05) is 13.1 Å². The van der Waals surface area contributed by atoms with Crippen molar-refractivity contribution in [2.45, 2.75) is 44.4 Å². The van der Waals surface area contributed by atoms with E-state index in [2.05, 4.69) is 27.7 Å². The minimum absolute atomic E-state index is 0.0840. The molecule has 1 amide bonds. The molecule has 1 saturated carbocycles. The molecule has 1 atom stereocenters. The van der Waals surface area contributed by atoms with Gasteiger partial charge in [0.25, 0.3) is 5.91 Å². The van der Waals surface area contributed by atoms with Gasteiger partial charge in [-0.05, 0) is 61.7 Å². The number of piperidine rings is 1. The quantitative estimate of drug-likeness (QED) is 0.731. The zero-order valence-electron chi connectivity index (χ0n) is 17.2. The normalized spacial score (nSPS) is 20.5. The van der Waals surface area contributed by atoms with Crippen LogP contribution in [0.4, 0.5) is 13.2 Å². The van der Waals surface area contributed by atoms with Crippen LogP contribution in [0.1, 0.15) is 40.9 Å². The van der Waals surface area contributed by atoms with Crippen LogP contribution < -0.4 is 5.32 Å². The highest BCUT2D eigenvalue weighted by Gasteiger charge is 2.48. The third kappa shape index (κ3) is 5.88. The van der Waals surface area contributed by atoms with Crippen LogP contribution in [0, 0.1) is 5.41 Å². The van der Waals surface area contributed by atoms with Gasteiger partial charge in [-0.1, -0.05) is 6.07 Å². The lowest BCUT2D eigenvalue weighted by Crippen LogP contribution is -2.59. The molecule has 2 aromatic heterocycles. The molecule has 6 nitrogen and oxygen atoms in total. The third-order valence-corrected chi connectivity index (χ3v) is 6.98. The molecule has 0 aromatic carbocycles. The average Bonchev–Trinajstić information content (AvgIpc) is 3.37. The maximum absolute atomic E-state index is 12.4. The van der Waals surface area contributed by atoms with Crippen molar-refractivity contribution >= 4 is 23.2 Å². The highest BCUT2D eigenvalue weighted by atomic mass is 32.1. The Kier molecular flexibility index (Phi) is 7.10. The van der Waals surface area contributed by atoms with Crippen molar-refractivity contribution in [3.63, 3.8) is 0 Å². The molecular weight excluding hydrogens is 431 g/mol. The van der Waals surface area contributed by atoms with Gasteiger partial charge >= 0.3 is 12.1 Å². The van der Waals surface area contributed by atoms with Crippen LogP contribution in [-0.2, 0) is 18.4 Å². The summed E-state index contributed by atoms with van der Waals surface area (Å²) >= 11 is 1.84.